The molecule has 68 heavy (non-hydrogen) atoms. The van der Waals surface area contributed by atoms with Crippen LogP contribution in [0.4, 0.5) is 0 Å². The van der Waals surface area contributed by atoms with E-state index in [1.54, 1.807) is 0 Å². The lowest BCUT2D eigenvalue weighted by Gasteiger charge is -2.19. The first-order valence-electron chi connectivity index (χ1n) is 24.2. The van der Waals surface area contributed by atoms with E-state index in [4.69, 9.17) is 18.8 Å². The maximum absolute atomic E-state index is 6.72. The van der Waals surface area contributed by atoms with Crippen molar-refractivity contribution >= 4 is 132 Å². The molecule has 0 N–H and O–H groups in total. The molecule has 8 aromatic heterocycles. The van der Waals surface area contributed by atoms with Gasteiger partial charge in [-0.25, -0.2) is 9.97 Å². The maximum Gasteiger partial charge on any atom is 0.220 e. The molecule has 0 aliphatic carbocycles. The van der Waals surface area contributed by atoms with Crippen molar-refractivity contribution in [2.75, 3.05) is 0 Å². The molecule has 0 spiro atoms. The zero-order valence-corrected chi connectivity index (χ0v) is 40.7. The summed E-state index contributed by atoms with van der Waals surface area (Å²) in [5, 5.41) is 9.23. The number of rotatable bonds is 0. The van der Waals surface area contributed by atoms with Gasteiger partial charge in [-0.2, -0.15) is 0 Å². The summed E-state index contributed by atoms with van der Waals surface area (Å²) in [6.07, 6.45) is 0. The number of furan rings is 2. The quantitative estimate of drug-likeness (QED) is 0.152. The molecule has 0 aliphatic rings. The molecule has 7 aromatic carbocycles. The predicted molar refractivity (Wildman–Crippen MR) is 283 cm³/mol. The van der Waals surface area contributed by atoms with E-state index in [1.807, 2.05) is 0 Å². The van der Waals surface area contributed by atoms with Gasteiger partial charge in [0.2, 0.25) is 11.6 Å². The van der Waals surface area contributed by atoms with Crippen molar-refractivity contribution in [2.24, 2.45) is 0 Å². The fraction of sp³-hybridized carbons (Fsp3) is 0.267. The van der Waals surface area contributed by atoms with E-state index in [0.29, 0.717) is 0 Å². The van der Waals surface area contributed by atoms with Crippen LogP contribution in [0.25, 0.3) is 132 Å². The number of hydrogen-bond donors (Lipinski definition) is 0. The molecule has 15 rings (SSSR count). The molecule has 0 saturated heterocycles. The number of nitrogens with zero attached hydrogens (tertiary/aromatic N) is 6. The second kappa shape index (κ2) is 11.7. The van der Waals surface area contributed by atoms with Gasteiger partial charge in [-0.05, 0) is 105 Å². The number of hydrogen-bond acceptors (Lipinski definition) is 4. The summed E-state index contributed by atoms with van der Waals surface area (Å²) in [7, 11) is 0. The van der Waals surface area contributed by atoms with Crippen LogP contribution in [-0.2, 0) is 21.7 Å². The largest absolute Gasteiger partial charge is 0.456 e. The average molecular weight is 889 g/mol. The molecule has 0 radical (unpaired) electrons. The molecule has 8 heteroatoms. The summed E-state index contributed by atoms with van der Waals surface area (Å²) >= 11 is 0. The SMILES string of the molecule is CC(C)(C)c1ccc2oc3cc4c(cc3c2c1)nc1n4c2c3c4cc(C(C)(C)C)ccc4n4c3c(c3c5cc(C(C)(C)C)ccc5n1c32)n1c2cc3oc5ccc(C(C)(C)C)cc5c3cc2nc14. The first-order valence-corrected chi connectivity index (χ1v) is 24.2. The molecule has 8 heterocycles. The molecule has 0 fully saturated rings. The summed E-state index contributed by atoms with van der Waals surface area (Å²) < 4.78 is 23.2. The first-order chi connectivity index (χ1) is 32.2. The van der Waals surface area contributed by atoms with Gasteiger partial charge in [-0.1, -0.05) is 107 Å². The van der Waals surface area contributed by atoms with Crippen molar-refractivity contribution < 1.29 is 8.83 Å². The third kappa shape index (κ3) is 4.66. The number of fused-ring (bicyclic) bond motifs is 24. The highest BCUT2D eigenvalue weighted by molar-refractivity contribution is 6.37. The minimum absolute atomic E-state index is 0.00763. The van der Waals surface area contributed by atoms with E-state index < -0.39 is 0 Å². The van der Waals surface area contributed by atoms with Gasteiger partial charge in [-0.15, -0.1) is 0 Å². The van der Waals surface area contributed by atoms with E-state index in [-0.39, 0.29) is 21.7 Å². The third-order valence-electron chi connectivity index (χ3n) is 15.6. The van der Waals surface area contributed by atoms with Gasteiger partial charge in [0, 0.05) is 55.2 Å². The second-order valence-corrected chi connectivity index (χ2v) is 24.1. The van der Waals surface area contributed by atoms with Gasteiger partial charge >= 0.3 is 0 Å². The van der Waals surface area contributed by atoms with Gasteiger partial charge in [0.15, 0.2) is 0 Å². The molecule has 0 atom stereocenters. The lowest BCUT2D eigenvalue weighted by Crippen LogP contribution is -2.10. The van der Waals surface area contributed by atoms with Crippen molar-refractivity contribution in [3.8, 4) is 0 Å². The second-order valence-electron chi connectivity index (χ2n) is 24.1. The number of imidazole rings is 4. The lowest BCUT2D eigenvalue weighted by atomic mass is 9.86. The zero-order valence-electron chi connectivity index (χ0n) is 40.7. The minimum Gasteiger partial charge on any atom is -0.456 e. The van der Waals surface area contributed by atoms with Crippen LogP contribution in [0.15, 0.2) is 106 Å². The molecule has 334 valence electrons. The first kappa shape index (κ1) is 38.8. The van der Waals surface area contributed by atoms with Crippen molar-refractivity contribution in [1.29, 1.82) is 0 Å². The van der Waals surface area contributed by atoms with Gasteiger partial charge in [0.05, 0.1) is 55.2 Å². The molecule has 15 aromatic rings. The lowest BCUT2D eigenvalue weighted by molar-refractivity contribution is 0.590. The van der Waals surface area contributed by atoms with E-state index in [2.05, 4.69) is 198 Å². The Bertz CT molecular complexity index is 4450. The van der Waals surface area contributed by atoms with Crippen LogP contribution >= 0.6 is 0 Å². The van der Waals surface area contributed by atoms with E-state index in [1.165, 1.54) is 43.8 Å². The normalized spacial score (nSPS) is 14.2. The monoisotopic (exact) mass is 888 g/mol. The topological polar surface area (TPSA) is 69.7 Å². The fourth-order valence-corrected chi connectivity index (χ4v) is 11.9. The van der Waals surface area contributed by atoms with Crippen molar-refractivity contribution in [2.45, 2.75) is 105 Å². The summed E-state index contributed by atoms with van der Waals surface area (Å²) in [4.78, 5) is 11.3. The van der Waals surface area contributed by atoms with Crippen LogP contribution in [0, 0.1) is 0 Å². The summed E-state index contributed by atoms with van der Waals surface area (Å²) in [6, 6.07) is 36.4. The van der Waals surface area contributed by atoms with Crippen molar-refractivity contribution in [3.05, 3.63) is 119 Å². The van der Waals surface area contributed by atoms with Gasteiger partial charge in [0.25, 0.3) is 0 Å². The molecular formula is C60H52N6O2. The van der Waals surface area contributed by atoms with Crippen molar-refractivity contribution in [1.82, 2.24) is 27.6 Å². The standard InChI is InChI=1S/C60H52N6O2/c1-57(2,3)29-13-17-41-37(23-29)49-51-54(66-44-28-48-36(26-40(44)61-55(66)63(41)51)34-22-32(60(10,11)12)16-20-46(34)68-48)50-38-24-30(58(4,5)6)14-18-42(38)64-52(50)53(49)65-43-27-47-35(25-39(43)62-56(64)65)33-21-31(59(7,8)9)15-19-45(33)67-47/h13-28H,1-12H3. The number of aromatic nitrogens is 6. The molecule has 0 bridgehead atoms. The van der Waals surface area contributed by atoms with Crippen LogP contribution in [0.2, 0.25) is 0 Å². The Balaban J connectivity index is 1.17. The van der Waals surface area contributed by atoms with Crippen LogP contribution in [-0.4, -0.2) is 27.6 Å². The number of benzene rings is 7. The molecule has 0 amide bonds. The molecule has 8 nitrogen and oxygen atoms in total. The van der Waals surface area contributed by atoms with E-state index in [0.717, 1.165) is 111 Å². The van der Waals surface area contributed by atoms with Crippen LogP contribution < -0.4 is 0 Å². The van der Waals surface area contributed by atoms with E-state index in [9.17, 15) is 0 Å². The Hall–Kier alpha value is -7.32. The highest BCUT2D eigenvalue weighted by atomic mass is 16.3. The Labute approximate surface area is 391 Å². The molecule has 0 saturated carbocycles. The van der Waals surface area contributed by atoms with Crippen LogP contribution in [0.1, 0.15) is 105 Å². The zero-order chi connectivity index (χ0) is 46.6. The summed E-state index contributed by atoms with van der Waals surface area (Å²) in [6.45, 7) is 27.4. The summed E-state index contributed by atoms with van der Waals surface area (Å²) in [5.41, 5.74) is 19.3. The highest BCUT2D eigenvalue weighted by Gasteiger charge is 2.33. The third-order valence-corrected chi connectivity index (χ3v) is 15.6. The highest BCUT2D eigenvalue weighted by Crippen LogP contribution is 2.51. The van der Waals surface area contributed by atoms with Crippen LogP contribution in [0.5, 0.6) is 0 Å². The maximum atomic E-state index is 6.72. The van der Waals surface area contributed by atoms with Gasteiger partial charge in [-0.3, -0.25) is 17.6 Å². The van der Waals surface area contributed by atoms with Crippen LogP contribution in [0.3, 0.4) is 0 Å². The Morgan fingerprint density at radius 3 is 0.985 bits per heavy atom. The fourth-order valence-electron chi connectivity index (χ4n) is 11.9. The molecule has 0 unspecified atom stereocenters. The van der Waals surface area contributed by atoms with Gasteiger partial charge < -0.3 is 8.83 Å². The average Bonchev–Trinajstić information content (AvgIpc) is 4.14. The minimum atomic E-state index is -0.0677. The molecular weight excluding hydrogens is 837 g/mol. The Morgan fingerprint density at radius 2 is 0.632 bits per heavy atom. The summed E-state index contributed by atoms with van der Waals surface area (Å²) in [5.74, 6) is 1.79. The van der Waals surface area contributed by atoms with Gasteiger partial charge in [0.1, 0.15) is 22.3 Å². The Kier molecular flexibility index (Phi) is 6.65. The van der Waals surface area contributed by atoms with E-state index >= 15 is 0 Å². The van der Waals surface area contributed by atoms with Crippen molar-refractivity contribution in [3.63, 3.8) is 0 Å². The molecule has 0 aliphatic heterocycles. The predicted octanol–water partition coefficient (Wildman–Crippen LogP) is 16.3. The Morgan fingerprint density at radius 1 is 0.324 bits per heavy atom. The smallest absolute Gasteiger partial charge is 0.220 e.